The van der Waals surface area contributed by atoms with E-state index in [1.807, 2.05) is 55.3 Å². The highest BCUT2D eigenvalue weighted by atomic mass is 35.5. The number of aliphatic hydroxyl groups excluding tert-OH is 1. The lowest BCUT2D eigenvalue weighted by Gasteiger charge is -2.23. The van der Waals surface area contributed by atoms with Crippen LogP contribution in [0.25, 0.3) is 0 Å². The van der Waals surface area contributed by atoms with Gasteiger partial charge in [0.1, 0.15) is 6.54 Å². The smallest absolute Gasteiger partial charge is 0.246 e. The van der Waals surface area contributed by atoms with Gasteiger partial charge in [-0.2, -0.15) is 0 Å². The number of rotatable bonds is 7. The molecule has 3 aromatic rings. The van der Waals surface area contributed by atoms with E-state index in [2.05, 4.69) is 15.6 Å². The topological polar surface area (TPSA) is 94.0 Å². The number of benzodiazepines with no additional fused rings is 1. The van der Waals surface area contributed by atoms with Crippen molar-refractivity contribution in [3.05, 3.63) is 87.4 Å². The Morgan fingerprint density at radius 3 is 2.58 bits per heavy atom. The summed E-state index contributed by atoms with van der Waals surface area (Å²) >= 11 is 11.9. The van der Waals surface area contributed by atoms with Crippen molar-refractivity contribution in [3.8, 4) is 0 Å². The molecule has 0 saturated heterocycles. The van der Waals surface area contributed by atoms with E-state index in [4.69, 9.17) is 28.3 Å². The summed E-state index contributed by atoms with van der Waals surface area (Å²) in [5.41, 5.74) is 5.39. The van der Waals surface area contributed by atoms with Crippen molar-refractivity contribution in [3.63, 3.8) is 0 Å². The van der Waals surface area contributed by atoms with E-state index in [1.54, 1.807) is 24.3 Å². The molecule has 9 heteroatoms. The number of fused-ring (bicyclic) bond motifs is 1. The molecular weight excluding hydrogens is 499 g/mol. The molecule has 3 aromatic carbocycles. The molecule has 4 rings (SSSR count). The van der Waals surface area contributed by atoms with Gasteiger partial charge in [0.15, 0.2) is 0 Å². The SMILES string of the molecule is CN(CCCO)c1cc(C2=NCC(=O)Nc3ccc(Cl)cc32)ccc1NC=O.Cc1ccccc1Cl. The zero-order valence-corrected chi connectivity index (χ0v) is 21.6. The number of anilines is 3. The van der Waals surface area contributed by atoms with E-state index in [0.29, 0.717) is 41.5 Å². The van der Waals surface area contributed by atoms with Crippen LogP contribution in [0.4, 0.5) is 17.1 Å². The minimum absolute atomic E-state index is 0.00561. The van der Waals surface area contributed by atoms with Gasteiger partial charge >= 0.3 is 0 Å². The van der Waals surface area contributed by atoms with E-state index in [9.17, 15) is 9.59 Å². The van der Waals surface area contributed by atoms with Crippen molar-refractivity contribution in [2.45, 2.75) is 13.3 Å². The molecule has 1 aliphatic heterocycles. The van der Waals surface area contributed by atoms with Crippen LogP contribution in [0.1, 0.15) is 23.1 Å². The van der Waals surface area contributed by atoms with Gasteiger partial charge in [-0.15, -0.1) is 0 Å². The second kappa shape index (κ2) is 13.1. The number of aliphatic imine (C=N–C) groups is 1. The third-order valence-electron chi connectivity index (χ3n) is 5.52. The maximum atomic E-state index is 12.0. The molecule has 0 aliphatic carbocycles. The van der Waals surface area contributed by atoms with Crippen molar-refractivity contribution in [1.82, 2.24) is 0 Å². The van der Waals surface area contributed by atoms with E-state index >= 15 is 0 Å². The van der Waals surface area contributed by atoms with Crippen molar-refractivity contribution < 1.29 is 14.7 Å². The third-order valence-corrected chi connectivity index (χ3v) is 6.18. The van der Waals surface area contributed by atoms with E-state index in [0.717, 1.165) is 27.4 Å². The van der Waals surface area contributed by atoms with Crippen LogP contribution < -0.4 is 15.5 Å². The summed E-state index contributed by atoms with van der Waals surface area (Å²) in [4.78, 5) is 29.4. The lowest BCUT2D eigenvalue weighted by atomic mass is 9.99. The van der Waals surface area contributed by atoms with Crippen LogP contribution in [0.2, 0.25) is 10.0 Å². The first-order valence-corrected chi connectivity index (χ1v) is 12.1. The Morgan fingerprint density at radius 2 is 1.92 bits per heavy atom. The number of carbonyl (C=O) groups is 2. The van der Waals surface area contributed by atoms with Crippen LogP contribution >= 0.6 is 23.2 Å². The van der Waals surface area contributed by atoms with Gasteiger partial charge in [-0.3, -0.25) is 14.6 Å². The van der Waals surface area contributed by atoms with Crippen molar-refractivity contribution in [1.29, 1.82) is 0 Å². The summed E-state index contributed by atoms with van der Waals surface area (Å²) in [5.74, 6) is -0.196. The second-order valence-electron chi connectivity index (χ2n) is 8.14. The lowest BCUT2D eigenvalue weighted by Crippen LogP contribution is -2.21. The normalized spacial score (nSPS) is 12.2. The number of halogens is 2. The van der Waals surface area contributed by atoms with Crippen LogP contribution in [0, 0.1) is 6.92 Å². The Bertz CT molecular complexity index is 1240. The maximum Gasteiger partial charge on any atom is 0.246 e. The molecular formula is C27H28Cl2N4O3. The van der Waals surface area contributed by atoms with Gasteiger partial charge in [0.2, 0.25) is 12.3 Å². The maximum absolute atomic E-state index is 12.0. The Hall–Kier alpha value is -3.39. The quantitative estimate of drug-likeness (QED) is 0.370. The number of nitrogens with zero attached hydrogens (tertiary/aromatic N) is 2. The van der Waals surface area contributed by atoms with Crippen LogP contribution in [-0.2, 0) is 9.59 Å². The number of aryl methyl sites for hydroxylation is 1. The van der Waals surface area contributed by atoms with Gasteiger partial charge in [0, 0.05) is 41.4 Å². The first-order valence-electron chi connectivity index (χ1n) is 11.4. The van der Waals surface area contributed by atoms with Gasteiger partial charge in [0.25, 0.3) is 0 Å². The van der Waals surface area contributed by atoms with Gasteiger partial charge < -0.3 is 20.6 Å². The summed E-state index contributed by atoms with van der Waals surface area (Å²) in [5, 5.41) is 16.0. The fourth-order valence-electron chi connectivity index (χ4n) is 3.65. The average Bonchev–Trinajstić information content (AvgIpc) is 3.03. The van der Waals surface area contributed by atoms with Crippen molar-refractivity contribution in [2.24, 2.45) is 4.99 Å². The Balaban J connectivity index is 0.000000383. The predicted molar refractivity (Wildman–Crippen MR) is 148 cm³/mol. The summed E-state index contributed by atoms with van der Waals surface area (Å²) in [6.45, 7) is 2.68. The van der Waals surface area contributed by atoms with Gasteiger partial charge in [0.05, 0.1) is 22.8 Å². The lowest BCUT2D eigenvalue weighted by molar-refractivity contribution is -0.114. The van der Waals surface area contributed by atoms with E-state index in [1.165, 1.54) is 0 Å². The molecule has 1 aliphatic rings. The Labute approximate surface area is 220 Å². The number of nitrogens with one attached hydrogen (secondary N) is 2. The average molecular weight is 527 g/mol. The third kappa shape index (κ3) is 7.07. The number of hydrogen-bond acceptors (Lipinski definition) is 5. The number of amides is 2. The van der Waals surface area contributed by atoms with Gasteiger partial charge in [-0.05, 0) is 55.3 Å². The number of aliphatic hydroxyl groups is 1. The number of carbonyl (C=O) groups excluding carboxylic acids is 2. The molecule has 2 amide bonds. The fourth-order valence-corrected chi connectivity index (χ4v) is 3.96. The molecule has 0 radical (unpaired) electrons. The standard InChI is InChI=1S/C20H21ClN4O3.C7H7Cl/c1-25(7-2-8-26)18-9-13(3-5-17(18)23-12-27)20-15-10-14(21)4-6-16(15)24-19(28)11-22-20;1-6-4-2-3-5-7(6)8/h3-6,9-10,12,26H,2,7-8,11H2,1H3,(H,23,27)(H,24,28);2-5H,1H3. The molecule has 0 spiro atoms. The summed E-state index contributed by atoms with van der Waals surface area (Å²) < 4.78 is 0. The van der Waals surface area contributed by atoms with Crippen molar-refractivity contribution >= 4 is 58.3 Å². The minimum atomic E-state index is -0.196. The number of benzene rings is 3. The summed E-state index contributed by atoms with van der Waals surface area (Å²) in [7, 11) is 1.88. The van der Waals surface area contributed by atoms with E-state index in [-0.39, 0.29) is 19.1 Å². The van der Waals surface area contributed by atoms with Crippen molar-refractivity contribution in [2.75, 3.05) is 42.3 Å². The molecule has 188 valence electrons. The fraction of sp³-hybridized carbons (Fsp3) is 0.222. The Morgan fingerprint density at radius 1 is 1.14 bits per heavy atom. The van der Waals surface area contributed by atoms with Gasteiger partial charge in [-0.1, -0.05) is 47.5 Å². The van der Waals surface area contributed by atoms with Gasteiger partial charge in [-0.25, -0.2) is 0 Å². The molecule has 36 heavy (non-hydrogen) atoms. The molecule has 7 nitrogen and oxygen atoms in total. The molecule has 0 unspecified atom stereocenters. The zero-order valence-electron chi connectivity index (χ0n) is 20.1. The highest BCUT2D eigenvalue weighted by Crippen LogP contribution is 2.31. The molecule has 3 N–H and O–H groups in total. The highest BCUT2D eigenvalue weighted by Gasteiger charge is 2.20. The van der Waals surface area contributed by atoms with Crippen LogP contribution in [0.3, 0.4) is 0 Å². The van der Waals surface area contributed by atoms with Crippen LogP contribution in [-0.4, -0.2) is 49.9 Å². The molecule has 1 heterocycles. The first-order chi connectivity index (χ1) is 17.3. The highest BCUT2D eigenvalue weighted by molar-refractivity contribution is 6.32. The predicted octanol–water partition coefficient (Wildman–Crippen LogP) is 5.16. The molecule has 0 bridgehead atoms. The number of hydrogen-bond donors (Lipinski definition) is 3. The largest absolute Gasteiger partial charge is 0.396 e. The molecule has 0 fully saturated rings. The Kier molecular flexibility index (Phi) is 9.87. The minimum Gasteiger partial charge on any atom is -0.396 e. The molecule has 0 saturated carbocycles. The van der Waals surface area contributed by atoms with Crippen LogP contribution in [0.5, 0.6) is 0 Å². The molecule has 0 atom stereocenters. The summed E-state index contributed by atoms with van der Waals surface area (Å²) in [6, 6.07) is 18.6. The van der Waals surface area contributed by atoms with E-state index < -0.39 is 0 Å². The summed E-state index contributed by atoms with van der Waals surface area (Å²) in [6.07, 6.45) is 1.22. The first kappa shape index (κ1) is 27.2. The monoisotopic (exact) mass is 526 g/mol. The zero-order chi connectivity index (χ0) is 26.1. The van der Waals surface area contributed by atoms with Crippen LogP contribution in [0.15, 0.2) is 65.7 Å². The second-order valence-corrected chi connectivity index (χ2v) is 8.99. The molecule has 0 aromatic heterocycles.